The van der Waals surface area contributed by atoms with Crippen LogP contribution in [-0.4, -0.2) is 27.8 Å². The van der Waals surface area contributed by atoms with Crippen molar-refractivity contribution in [3.63, 3.8) is 0 Å². The third kappa shape index (κ3) is 4.62. The van der Waals surface area contributed by atoms with Crippen LogP contribution in [0.1, 0.15) is 38.4 Å². The molecule has 2 N–H and O–H groups in total. The van der Waals surface area contributed by atoms with Gasteiger partial charge in [0.1, 0.15) is 0 Å². The Kier molecular flexibility index (Phi) is 6.62. The van der Waals surface area contributed by atoms with E-state index in [2.05, 4.69) is 10.5 Å². The van der Waals surface area contributed by atoms with E-state index in [0.29, 0.717) is 16.8 Å². The fourth-order valence-corrected chi connectivity index (χ4v) is 4.12. The number of carbonyl (C=O) groups is 2. The van der Waals surface area contributed by atoms with E-state index in [9.17, 15) is 19.8 Å². The molecule has 0 unspecified atom stereocenters. The van der Waals surface area contributed by atoms with Crippen LogP contribution < -0.4 is 10.5 Å². The molecule has 0 radical (unpaired) electrons. The van der Waals surface area contributed by atoms with Crippen LogP contribution in [0.4, 0.5) is 0 Å². The largest absolute Gasteiger partial charge is 0.545 e. The maximum atomic E-state index is 13.2. The van der Waals surface area contributed by atoms with Crippen LogP contribution in [0.25, 0.3) is 5.69 Å². The number of nitrogens with zero attached hydrogens (tertiary/aromatic N) is 2. The summed E-state index contributed by atoms with van der Waals surface area (Å²) in [4.78, 5) is 24.4. The molecule has 0 bridgehead atoms. The van der Waals surface area contributed by atoms with Crippen LogP contribution in [0.5, 0.6) is 0 Å². The van der Waals surface area contributed by atoms with E-state index in [1.807, 2.05) is 36.6 Å². The molecule has 0 aliphatic carbocycles. The minimum Gasteiger partial charge on any atom is -0.545 e. The fourth-order valence-electron chi connectivity index (χ4n) is 4.12. The molecule has 0 aliphatic rings. The van der Waals surface area contributed by atoms with E-state index in [1.54, 1.807) is 60.7 Å². The zero-order valence-corrected chi connectivity index (χ0v) is 19.3. The number of carbonyl (C=O) groups excluding carboxylic acids is 2. The number of rotatable bonds is 7. The van der Waals surface area contributed by atoms with Crippen molar-refractivity contribution in [1.29, 1.82) is 0 Å². The Morgan fingerprint density at radius 3 is 2.09 bits per heavy atom. The Balaban J connectivity index is 1.62. The first kappa shape index (κ1) is 23.7. The van der Waals surface area contributed by atoms with Crippen molar-refractivity contribution in [3.8, 4) is 5.69 Å². The van der Waals surface area contributed by atoms with E-state index in [4.69, 9.17) is 0 Å². The summed E-state index contributed by atoms with van der Waals surface area (Å²) < 4.78 is 1.89. The van der Waals surface area contributed by atoms with Crippen molar-refractivity contribution < 1.29 is 19.8 Å². The number of aromatic nitrogens is 1. The maximum Gasteiger partial charge on any atom is 0.281 e. The lowest BCUT2D eigenvalue weighted by atomic mass is 9.85. The molecule has 4 rings (SSSR count). The molecule has 1 aromatic heterocycles. The number of aryl methyl sites for hydroxylation is 1. The zero-order valence-electron chi connectivity index (χ0n) is 19.3. The second-order valence-electron chi connectivity index (χ2n) is 8.14. The third-order valence-corrected chi connectivity index (χ3v) is 5.89. The summed E-state index contributed by atoms with van der Waals surface area (Å²) in [7, 11) is 0. The van der Waals surface area contributed by atoms with Gasteiger partial charge in [-0.05, 0) is 48.7 Å². The van der Waals surface area contributed by atoms with Gasteiger partial charge in [0, 0.05) is 22.6 Å². The summed E-state index contributed by atoms with van der Waals surface area (Å²) in [5, 5.41) is 26.9. The molecular weight excluding hydrogens is 442 g/mol. The predicted molar refractivity (Wildman–Crippen MR) is 131 cm³/mol. The van der Waals surface area contributed by atoms with Gasteiger partial charge < -0.3 is 19.6 Å². The van der Waals surface area contributed by atoms with Gasteiger partial charge in [0.25, 0.3) is 5.91 Å². The number of aromatic carboxylic acids is 1. The predicted octanol–water partition coefficient (Wildman–Crippen LogP) is 2.84. The Labute approximate surface area is 203 Å². The average Bonchev–Trinajstić information content (AvgIpc) is 3.17. The van der Waals surface area contributed by atoms with Crippen LogP contribution in [0.3, 0.4) is 0 Å². The lowest BCUT2D eigenvalue weighted by Crippen LogP contribution is -2.43. The summed E-state index contributed by atoms with van der Waals surface area (Å²) in [6.45, 7) is 3.75. The van der Waals surface area contributed by atoms with Crippen LogP contribution in [0.15, 0.2) is 96.1 Å². The van der Waals surface area contributed by atoms with Gasteiger partial charge in [-0.15, -0.1) is 0 Å². The number of amides is 1. The number of hydrogen-bond donors (Lipinski definition) is 2. The Hall–Kier alpha value is -4.49. The van der Waals surface area contributed by atoms with Gasteiger partial charge in [-0.2, -0.15) is 5.10 Å². The molecule has 0 aliphatic heterocycles. The number of hydrogen-bond acceptors (Lipinski definition) is 5. The van der Waals surface area contributed by atoms with Gasteiger partial charge >= 0.3 is 0 Å². The number of aliphatic hydroxyl groups is 1. The van der Waals surface area contributed by atoms with Crippen molar-refractivity contribution in [1.82, 2.24) is 9.99 Å². The summed E-state index contributed by atoms with van der Waals surface area (Å²) in [5.41, 5.74) is 4.53. The third-order valence-electron chi connectivity index (χ3n) is 5.89. The van der Waals surface area contributed by atoms with Crippen molar-refractivity contribution in [2.24, 2.45) is 5.10 Å². The molecule has 7 nitrogen and oxygen atoms in total. The van der Waals surface area contributed by atoms with Gasteiger partial charge in [0.15, 0.2) is 5.60 Å². The first-order valence-electron chi connectivity index (χ1n) is 11.0. The van der Waals surface area contributed by atoms with Crippen molar-refractivity contribution in [3.05, 3.63) is 125 Å². The van der Waals surface area contributed by atoms with E-state index in [0.717, 1.165) is 17.0 Å². The average molecular weight is 467 g/mol. The normalized spacial score (nSPS) is 11.5. The SMILES string of the molecule is Cc1cc(/C=N\NC(=O)C(O)(c2ccccc2)c2ccccc2)c(C)n1-c1cccc(C(=O)[O-])c1. The van der Waals surface area contributed by atoms with Crippen molar-refractivity contribution in [2.45, 2.75) is 19.4 Å². The number of hydrazone groups is 1. The number of carboxylic acid groups (broad SMARTS) is 1. The molecule has 4 aromatic rings. The van der Waals surface area contributed by atoms with Crippen molar-refractivity contribution >= 4 is 18.1 Å². The molecule has 35 heavy (non-hydrogen) atoms. The number of benzene rings is 3. The van der Waals surface area contributed by atoms with Gasteiger partial charge in [-0.3, -0.25) is 4.79 Å². The molecule has 0 spiro atoms. The quantitative estimate of drug-likeness (QED) is 0.323. The van der Waals surface area contributed by atoms with Gasteiger partial charge in [-0.25, -0.2) is 5.43 Å². The highest BCUT2D eigenvalue weighted by molar-refractivity contribution is 5.91. The molecule has 0 saturated carbocycles. The maximum absolute atomic E-state index is 13.2. The van der Waals surface area contributed by atoms with E-state index in [-0.39, 0.29) is 5.56 Å². The Morgan fingerprint density at radius 1 is 0.914 bits per heavy atom. The van der Waals surface area contributed by atoms with Gasteiger partial charge in [0.2, 0.25) is 0 Å². The van der Waals surface area contributed by atoms with E-state index >= 15 is 0 Å². The molecule has 7 heteroatoms. The zero-order chi connectivity index (χ0) is 25.0. The first-order valence-corrected chi connectivity index (χ1v) is 11.0. The van der Waals surface area contributed by atoms with Crippen LogP contribution in [0, 0.1) is 13.8 Å². The smallest absolute Gasteiger partial charge is 0.281 e. The van der Waals surface area contributed by atoms with Crippen LogP contribution in [0.2, 0.25) is 0 Å². The van der Waals surface area contributed by atoms with Gasteiger partial charge in [0.05, 0.1) is 12.2 Å². The standard InChI is InChI=1S/C28H25N3O4/c1-19-16-22(20(2)31(19)25-15-9-10-21(17-25)26(32)33)18-29-30-27(34)28(35,23-11-5-3-6-12-23)24-13-7-4-8-14-24/h3-18,35H,1-2H3,(H,30,34)(H,32,33)/p-1/b29-18-. The molecule has 0 atom stereocenters. The highest BCUT2D eigenvalue weighted by Crippen LogP contribution is 2.30. The highest BCUT2D eigenvalue weighted by Gasteiger charge is 2.39. The topological polar surface area (TPSA) is 107 Å². The molecule has 1 heterocycles. The minimum absolute atomic E-state index is 0.0820. The molecular formula is C28H24N3O4-. The fraction of sp³-hybridized carbons (Fsp3) is 0.107. The molecule has 0 fully saturated rings. The molecule has 0 saturated heterocycles. The second-order valence-corrected chi connectivity index (χ2v) is 8.14. The molecule has 1 amide bonds. The molecule has 3 aromatic carbocycles. The van der Waals surface area contributed by atoms with E-state index < -0.39 is 17.5 Å². The summed E-state index contributed by atoms with van der Waals surface area (Å²) in [6.07, 6.45) is 1.50. The Morgan fingerprint density at radius 2 is 1.51 bits per heavy atom. The van der Waals surface area contributed by atoms with E-state index in [1.165, 1.54) is 18.3 Å². The van der Waals surface area contributed by atoms with Crippen LogP contribution >= 0.6 is 0 Å². The first-order chi connectivity index (χ1) is 16.8. The highest BCUT2D eigenvalue weighted by atomic mass is 16.4. The number of nitrogens with one attached hydrogen (secondary N) is 1. The van der Waals surface area contributed by atoms with Crippen molar-refractivity contribution in [2.75, 3.05) is 0 Å². The lowest BCUT2D eigenvalue weighted by Gasteiger charge is -2.27. The summed E-state index contributed by atoms with van der Waals surface area (Å²) >= 11 is 0. The van der Waals surface area contributed by atoms with Gasteiger partial charge in [-0.1, -0.05) is 72.8 Å². The Bertz CT molecular complexity index is 1350. The lowest BCUT2D eigenvalue weighted by molar-refractivity contribution is -0.255. The second kappa shape index (κ2) is 9.79. The molecule has 176 valence electrons. The van der Waals surface area contributed by atoms with Crippen LogP contribution in [-0.2, 0) is 10.4 Å². The monoisotopic (exact) mass is 466 g/mol. The number of carboxylic acids is 1. The minimum atomic E-state index is -1.93. The summed E-state index contributed by atoms with van der Waals surface area (Å²) in [5.74, 6) is -1.94. The summed E-state index contributed by atoms with van der Waals surface area (Å²) in [6, 6.07) is 25.7.